The van der Waals surface area contributed by atoms with Crippen LogP contribution in [0.4, 0.5) is 17.6 Å². The van der Waals surface area contributed by atoms with Crippen LogP contribution >= 0.6 is 0 Å². The molecule has 0 atom stereocenters. The number of alkyl halides is 3. The van der Waals surface area contributed by atoms with Gasteiger partial charge in [-0.2, -0.15) is 13.2 Å². The molecule has 0 saturated heterocycles. The summed E-state index contributed by atoms with van der Waals surface area (Å²) in [6.45, 7) is 7.41. The highest BCUT2D eigenvalue weighted by Gasteiger charge is 2.34. The van der Waals surface area contributed by atoms with E-state index in [9.17, 15) is 17.6 Å². The number of benzene rings is 1. The van der Waals surface area contributed by atoms with Gasteiger partial charge in [-0.05, 0) is 18.2 Å². The molecule has 96 valence electrons. The molecule has 0 amide bonds. The Kier molecular flexibility index (Phi) is 5.71. The second-order valence-corrected chi connectivity index (χ2v) is 2.92. The average molecular weight is 249 g/mol. The van der Waals surface area contributed by atoms with Crippen molar-refractivity contribution < 1.29 is 17.6 Å². The van der Waals surface area contributed by atoms with Crippen molar-refractivity contribution in [2.75, 3.05) is 7.05 Å². The first kappa shape index (κ1) is 15.5. The van der Waals surface area contributed by atoms with Gasteiger partial charge in [-0.25, -0.2) is 4.39 Å². The molecule has 0 aromatic heterocycles. The zero-order chi connectivity index (χ0) is 13.6. The lowest BCUT2D eigenvalue weighted by atomic mass is 10.0. The van der Waals surface area contributed by atoms with Gasteiger partial charge in [0.1, 0.15) is 5.82 Å². The monoisotopic (exact) mass is 249 g/mol. The standard InChI is InChI=1S/C10H9F4N.C2H6/c1-6(15-2)8-4-3-7(11)5-9(8)10(12,13)14;1-2/h3-5,15H,1H2,2H3;1-2H3. The average Bonchev–Trinajstić information content (AvgIpc) is 2.29. The van der Waals surface area contributed by atoms with Gasteiger partial charge in [0.15, 0.2) is 0 Å². The first-order chi connectivity index (χ1) is 7.86. The molecule has 0 saturated carbocycles. The van der Waals surface area contributed by atoms with E-state index in [0.29, 0.717) is 6.07 Å². The molecular weight excluding hydrogens is 234 g/mol. The van der Waals surface area contributed by atoms with Crippen LogP contribution in [0.3, 0.4) is 0 Å². The van der Waals surface area contributed by atoms with Gasteiger partial charge in [0.05, 0.1) is 5.56 Å². The number of rotatable bonds is 2. The van der Waals surface area contributed by atoms with Crippen LogP contribution in [0.25, 0.3) is 5.70 Å². The predicted octanol–water partition coefficient (Wildman–Crippen LogP) is 4.06. The van der Waals surface area contributed by atoms with Gasteiger partial charge in [-0.15, -0.1) is 0 Å². The third kappa shape index (κ3) is 4.09. The summed E-state index contributed by atoms with van der Waals surface area (Å²) < 4.78 is 50.2. The van der Waals surface area contributed by atoms with E-state index in [2.05, 4.69) is 11.9 Å². The fraction of sp³-hybridized carbons (Fsp3) is 0.333. The van der Waals surface area contributed by atoms with E-state index in [-0.39, 0.29) is 11.3 Å². The van der Waals surface area contributed by atoms with Gasteiger partial charge >= 0.3 is 6.18 Å². The van der Waals surface area contributed by atoms with Crippen molar-refractivity contribution in [1.29, 1.82) is 0 Å². The van der Waals surface area contributed by atoms with Crippen molar-refractivity contribution in [3.63, 3.8) is 0 Å². The molecule has 0 radical (unpaired) electrons. The Labute approximate surface area is 98.1 Å². The predicted molar refractivity (Wildman–Crippen MR) is 60.8 cm³/mol. The molecule has 1 aromatic rings. The third-order valence-electron chi connectivity index (χ3n) is 1.91. The highest BCUT2D eigenvalue weighted by Crippen LogP contribution is 2.34. The lowest BCUT2D eigenvalue weighted by molar-refractivity contribution is -0.138. The van der Waals surface area contributed by atoms with Gasteiger partial charge < -0.3 is 5.32 Å². The summed E-state index contributed by atoms with van der Waals surface area (Å²) in [5.41, 5.74) is -1.07. The van der Waals surface area contributed by atoms with Gasteiger partial charge in [-0.3, -0.25) is 0 Å². The molecule has 1 aromatic carbocycles. The van der Waals surface area contributed by atoms with Gasteiger partial charge in [0.25, 0.3) is 0 Å². The molecule has 1 rings (SSSR count). The van der Waals surface area contributed by atoms with Crippen LogP contribution < -0.4 is 5.32 Å². The Bertz CT molecular complexity index is 383. The quantitative estimate of drug-likeness (QED) is 0.779. The van der Waals surface area contributed by atoms with E-state index in [0.717, 1.165) is 12.1 Å². The van der Waals surface area contributed by atoms with Crippen LogP contribution in [-0.2, 0) is 6.18 Å². The largest absolute Gasteiger partial charge is 0.417 e. The maximum absolute atomic E-state index is 12.7. The minimum atomic E-state index is -4.59. The van der Waals surface area contributed by atoms with Crippen LogP contribution in [0.15, 0.2) is 24.8 Å². The molecular formula is C12H15F4N. The van der Waals surface area contributed by atoms with E-state index in [1.807, 2.05) is 13.8 Å². The second kappa shape index (κ2) is 6.27. The van der Waals surface area contributed by atoms with Crippen LogP contribution in [0, 0.1) is 5.82 Å². The zero-order valence-electron chi connectivity index (χ0n) is 9.95. The van der Waals surface area contributed by atoms with E-state index < -0.39 is 17.6 Å². The molecule has 1 N–H and O–H groups in total. The zero-order valence-corrected chi connectivity index (χ0v) is 9.95. The molecule has 0 fully saturated rings. The number of halogens is 4. The van der Waals surface area contributed by atoms with Crippen LogP contribution in [0.5, 0.6) is 0 Å². The fourth-order valence-electron chi connectivity index (χ4n) is 1.15. The molecule has 5 heteroatoms. The van der Waals surface area contributed by atoms with Crippen molar-refractivity contribution in [2.24, 2.45) is 0 Å². The Balaban J connectivity index is 0.00000121. The summed E-state index contributed by atoms with van der Waals surface area (Å²) in [7, 11) is 1.45. The van der Waals surface area contributed by atoms with E-state index in [1.54, 1.807) is 0 Å². The van der Waals surface area contributed by atoms with Crippen molar-refractivity contribution in [3.05, 3.63) is 41.7 Å². The molecule has 1 nitrogen and oxygen atoms in total. The summed E-state index contributed by atoms with van der Waals surface area (Å²) >= 11 is 0. The summed E-state index contributed by atoms with van der Waals surface area (Å²) in [6, 6.07) is 2.47. The van der Waals surface area contributed by atoms with Crippen LogP contribution in [0.2, 0.25) is 0 Å². The molecule has 0 spiro atoms. The normalized spacial score (nSPS) is 10.3. The van der Waals surface area contributed by atoms with Crippen LogP contribution in [0.1, 0.15) is 25.0 Å². The SMILES string of the molecule is C=C(NC)c1ccc(F)cc1C(F)(F)F.CC. The Hall–Kier alpha value is -1.52. The van der Waals surface area contributed by atoms with Crippen molar-refractivity contribution in [2.45, 2.75) is 20.0 Å². The molecule has 0 aliphatic rings. The van der Waals surface area contributed by atoms with Gasteiger partial charge in [-0.1, -0.05) is 20.4 Å². The minimum absolute atomic E-state index is 0.0994. The van der Waals surface area contributed by atoms with Crippen LogP contribution in [-0.4, -0.2) is 7.05 Å². The molecule has 0 unspecified atom stereocenters. The molecule has 0 aliphatic carbocycles. The second-order valence-electron chi connectivity index (χ2n) is 2.92. The van der Waals surface area contributed by atoms with Gasteiger partial charge in [0, 0.05) is 18.3 Å². The maximum Gasteiger partial charge on any atom is 0.417 e. The summed E-state index contributed by atoms with van der Waals surface area (Å²) in [6.07, 6.45) is -4.59. The van der Waals surface area contributed by atoms with E-state index >= 15 is 0 Å². The highest BCUT2D eigenvalue weighted by atomic mass is 19.4. The Morgan fingerprint density at radius 2 is 1.76 bits per heavy atom. The smallest absolute Gasteiger partial charge is 0.388 e. The van der Waals surface area contributed by atoms with Gasteiger partial charge in [0.2, 0.25) is 0 Å². The summed E-state index contributed by atoms with van der Waals surface area (Å²) in [4.78, 5) is 0. The molecule has 17 heavy (non-hydrogen) atoms. The molecule has 0 aliphatic heterocycles. The first-order valence-corrected chi connectivity index (χ1v) is 5.10. The number of hydrogen-bond donors (Lipinski definition) is 1. The van der Waals surface area contributed by atoms with E-state index in [4.69, 9.17) is 0 Å². The van der Waals surface area contributed by atoms with Crippen molar-refractivity contribution in [1.82, 2.24) is 5.32 Å². The minimum Gasteiger partial charge on any atom is -0.388 e. The highest BCUT2D eigenvalue weighted by molar-refractivity contribution is 5.65. The molecule has 0 heterocycles. The van der Waals surface area contributed by atoms with E-state index in [1.165, 1.54) is 7.05 Å². The Morgan fingerprint density at radius 1 is 1.24 bits per heavy atom. The lowest BCUT2D eigenvalue weighted by Gasteiger charge is -2.14. The molecule has 0 bridgehead atoms. The summed E-state index contributed by atoms with van der Waals surface area (Å²) in [5, 5.41) is 2.50. The Morgan fingerprint density at radius 3 is 2.18 bits per heavy atom. The summed E-state index contributed by atoms with van der Waals surface area (Å²) in [5.74, 6) is -0.921. The third-order valence-corrected chi connectivity index (χ3v) is 1.91. The maximum atomic E-state index is 12.7. The first-order valence-electron chi connectivity index (χ1n) is 5.10. The lowest BCUT2D eigenvalue weighted by Crippen LogP contribution is -2.13. The van der Waals surface area contributed by atoms with Crippen molar-refractivity contribution >= 4 is 5.70 Å². The van der Waals surface area contributed by atoms with Crippen molar-refractivity contribution in [3.8, 4) is 0 Å². The number of nitrogens with one attached hydrogen (secondary N) is 1. The number of hydrogen-bond acceptors (Lipinski definition) is 1. The fourth-order valence-corrected chi connectivity index (χ4v) is 1.15. The topological polar surface area (TPSA) is 12.0 Å².